The molecule has 5 rings (SSSR count). The molecule has 2 aliphatic rings. The van der Waals surface area contributed by atoms with Crippen LogP contribution in [-0.4, -0.2) is 35.2 Å². The number of carbonyl (C=O) groups is 1. The number of nitrogens with one attached hydrogen (secondary N) is 1. The van der Waals surface area contributed by atoms with Gasteiger partial charge in [0.1, 0.15) is 17.8 Å². The third kappa shape index (κ3) is 4.52. The fraction of sp³-hybridized carbons (Fsp3) is 0.154. The van der Waals surface area contributed by atoms with Gasteiger partial charge in [0, 0.05) is 18.2 Å². The molecule has 0 fully saturated rings. The summed E-state index contributed by atoms with van der Waals surface area (Å²) >= 11 is 0. The lowest BCUT2D eigenvalue weighted by Crippen LogP contribution is -2.28. The van der Waals surface area contributed by atoms with E-state index in [-0.39, 0.29) is 12.0 Å². The summed E-state index contributed by atoms with van der Waals surface area (Å²) in [7, 11) is 1.62. The summed E-state index contributed by atoms with van der Waals surface area (Å²) in [5.74, 6) is 1.47. The quantitative estimate of drug-likeness (QED) is 0.585. The number of benzene rings is 2. The molecule has 8 nitrogen and oxygen atoms in total. The van der Waals surface area contributed by atoms with E-state index >= 15 is 0 Å². The largest absolute Gasteiger partial charge is 0.497 e. The van der Waals surface area contributed by atoms with Crippen molar-refractivity contribution in [2.45, 2.75) is 18.9 Å². The third-order valence-electron chi connectivity index (χ3n) is 5.37. The van der Waals surface area contributed by atoms with Crippen molar-refractivity contribution in [3.8, 4) is 17.1 Å². The minimum Gasteiger partial charge on any atom is -0.497 e. The first-order valence-electron chi connectivity index (χ1n) is 10.8. The molecule has 0 spiro atoms. The predicted octanol–water partition coefficient (Wildman–Crippen LogP) is 4.97. The zero-order chi connectivity index (χ0) is 23.5. The van der Waals surface area contributed by atoms with E-state index in [1.165, 1.54) is 6.92 Å². The van der Waals surface area contributed by atoms with Crippen LogP contribution in [0, 0.1) is 0 Å². The number of aliphatic imine (C=N–C) groups is 1. The lowest BCUT2D eigenvalue weighted by molar-refractivity contribution is -0.114. The van der Waals surface area contributed by atoms with E-state index in [1.54, 1.807) is 19.2 Å². The zero-order valence-electron chi connectivity index (χ0n) is 18.6. The number of aromatic nitrogens is 2. The molecular weight excluding hydrogens is 432 g/mol. The van der Waals surface area contributed by atoms with E-state index in [4.69, 9.17) is 19.0 Å². The molecule has 2 unspecified atom stereocenters. The number of fused-ring (bicyclic) bond motifs is 1. The highest BCUT2D eigenvalue weighted by atomic mass is 16.5. The number of hydrogen-bond acceptors (Lipinski definition) is 7. The van der Waals surface area contributed by atoms with Gasteiger partial charge in [0.25, 0.3) is 0 Å². The van der Waals surface area contributed by atoms with Gasteiger partial charge >= 0.3 is 0 Å². The Hall–Kier alpha value is -4.46. The first kappa shape index (κ1) is 21.4. The van der Waals surface area contributed by atoms with E-state index < -0.39 is 5.92 Å². The molecule has 0 radical (unpaired) electrons. The summed E-state index contributed by atoms with van der Waals surface area (Å²) in [6.07, 6.45) is 9.66. The molecule has 170 valence electrons. The second-order valence-corrected chi connectivity index (χ2v) is 7.79. The van der Waals surface area contributed by atoms with Gasteiger partial charge in [-0.25, -0.2) is 4.99 Å². The summed E-state index contributed by atoms with van der Waals surface area (Å²) < 4.78 is 17.1. The molecule has 2 heterocycles. The molecule has 1 N–H and O–H groups in total. The topological polar surface area (TPSA) is 98.8 Å². The van der Waals surface area contributed by atoms with E-state index in [9.17, 15) is 4.79 Å². The highest BCUT2D eigenvalue weighted by Gasteiger charge is 2.33. The second kappa shape index (κ2) is 9.19. The molecule has 2 atom stereocenters. The Labute approximate surface area is 196 Å². The average Bonchev–Trinajstić information content (AvgIpc) is 3.35. The molecule has 1 aliphatic carbocycles. The Morgan fingerprint density at radius 2 is 1.88 bits per heavy atom. The smallest absolute Gasteiger partial charge is 0.243 e. The highest BCUT2D eigenvalue weighted by molar-refractivity contribution is 5.90. The van der Waals surface area contributed by atoms with Crippen molar-refractivity contribution in [2.24, 2.45) is 4.99 Å². The van der Waals surface area contributed by atoms with E-state index in [0.29, 0.717) is 29.0 Å². The first-order valence-corrected chi connectivity index (χ1v) is 10.8. The van der Waals surface area contributed by atoms with Crippen LogP contribution in [0.2, 0.25) is 0 Å². The van der Waals surface area contributed by atoms with Gasteiger partial charge in [-0.1, -0.05) is 29.5 Å². The van der Waals surface area contributed by atoms with Gasteiger partial charge in [-0.3, -0.25) is 4.79 Å². The first-order chi connectivity index (χ1) is 16.6. The average molecular weight is 454 g/mol. The maximum absolute atomic E-state index is 11.3. The standard InChI is InChI=1S/C26H22N4O4/c1-16(31)27-19-9-11-20(12-10-19)28-25-22(15-18-5-3-4-6-23(18)33-25)26-29-24(30-34-26)17-7-13-21(32-2)14-8-17/h3-15,22-23H,1-2H3,(H,27,31). The molecule has 1 aliphatic heterocycles. The van der Waals surface area contributed by atoms with Gasteiger partial charge in [-0.05, 0) is 60.2 Å². The minimum atomic E-state index is -0.447. The molecule has 8 heteroatoms. The van der Waals surface area contributed by atoms with Crippen LogP contribution in [0.3, 0.4) is 0 Å². The van der Waals surface area contributed by atoms with Crippen molar-refractivity contribution in [3.63, 3.8) is 0 Å². The van der Waals surface area contributed by atoms with Crippen molar-refractivity contribution in [1.82, 2.24) is 10.1 Å². The van der Waals surface area contributed by atoms with Gasteiger partial charge < -0.3 is 19.3 Å². The summed E-state index contributed by atoms with van der Waals surface area (Å²) in [6.45, 7) is 1.47. The maximum Gasteiger partial charge on any atom is 0.243 e. The molecule has 1 aromatic heterocycles. The minimum absolute atomic E-state index is 0.131. The number of amides is 1. The Kier molecular flexibility index (Phi) is 5.78. The number of allylic oxidation sites excluding steroid dienone is 2. The summed E-state index contributed by atoms with van der Waals surface area (Å²) in [5.41, 5.74) is 3.18. The number of hydrogen-bond donors (Lipinski definition) is 1. The number of anilines is 1. The van der Waals surface area contributed by atoms with Gasteiger partial charge in [0.05, 0.1) is 12.8 Å². The monoisotopic (exact) mass is 454 g/mol. The van der Waals surface area contributed by atoms with Crippen LogP contribution in [0.15, 0.2) is 94.0 Å². The van der Waals surface area contributed by atoms with E-state index in [2.05, 4.69) is 15.5 Å². The third-order valence-corrected chi connectivity index (χ3v) is 5.37. The van der Waals surface area contributed by atoms with Crippen LogP contribution in [-0.2, 0) is 9.53 Å². The fourth-order valence-electron chi connectivity index (χ4n) is 3.70. The predicted molar refractivity (Wildman–Crippen MR) is 128 cm³/mol. The molecule has 0 bridgehead atoms. The maximum atomic E-state index is 11.3. The SMILES string of the molecule is COc1ccc(-c2noc(C3C=C4C=CC=CC4OC3=Nc3ccc(NC(C)=O)cc3)n2)cc1. The normalized spacial score (nSPS) is 19.8. The van der Waals surface area contributed by atoms with Crippen LogP contribution < -0.4 is 10.1 Å². The molecule has 0 saturated carbocycles. The summed E-state index contributed by atoms with van der Waals surface area (Å²) in [6, 6.07) is 14.6. The number of ether oxygens (including phenoxy) is 2. The van der Waals surface area contributed by atoms with Crippen LogP contribution in [0.25, 0.3) is 11.4 Å². The van der Waals surface area contributed by atoms with Gasteiger partial charge in [0.15, 0.2) is 0 Å². The van der Waals surface area contributed by atoms with Crippen LogP contribution in [0.5, 0.6) is 5.75 Å². The molecule has 2 aromatic carbocycles. The van der Waals surface area contributed by atoms with E-state index in [1.807, 2.05) is 66.8 Å². The van der Waals surface area contributed by atoms with E-state index in [0.717, 1.165) is 16.9 Å². The summed E-state index contributed by atoms with van der Waals surface area (Å²) in [5, 5.41) is 6.91. The lowest BCUT2D eigenvalue weighted by atomic mass is 9.95. The molecular formula is C26H22N4O4. The van der Waals surface area contributed by atoms with Crippen molar-refractivity contribution >= 4 is 23.2 Å². The van der Waals surface area contributed by atoms with Crippen molar-refractivity contribution < 1.29 is 18.8 Å². The lowest BCUT2D eigenvalue weighted by Gasteiger charge is -2.28. The molecule has 34 heavy (non-hydrogen) atoms. The fourth-order valence-corrected chi connectivity index (χ4v) is 3.70. The van der Waals surface area contributed by atoms with Gasteiger partial charge in [-0.15, -0.1) is 0 Å². The number of methoxy groups -OCH3 is 1. The van der Waals surface area contributed by atoms with Gasteiger partial charge in [0.2, 0.25) is 23.5 Å². The molecule has 0 saturated heterocycles. The molecule has 3 aromatic rings. The van der Waals surface area contributed by atoms with Crippen LogP contribution in [0.4, 0.5) is 11.4 Å². The Bertz CT molecular complexity index is 1320. The Morgan fingerprint density at radius 3 is 2.62 bits per heavy atom. The Balaban J connectivity index is 1.48. The zero-order valence-corrected chi connectivity index (χ0v) is 18.6. The van der Waals surface area contributed by atoms with Crippen molar-refractivity contribution in [3.05, 3.63) is 90.4 Å². The highest BCUT2D eigenvalue weighted by Crippen LogP contribution is 2.33. The van der Waals surface area contributed by atoms with Crippen molar-refractivity contribution in [2.75, 3.05) is 12.4 Å². The van der Waals surface area contributed by atoms with Crippen LogP contribution in [0.1, 0.15) is 18.7 Å². The second-order valence-electron chi connectivity index (χ2n) is 7.79. The Morgan fingerprint density at radius 1 is 1.09 bits per heavy atom. The number of nitrogens with zero attached hydrogens (tertiary/aromatic N) is 3. The summed E-state index contributed by atoms with van der Waals surface area (Å²) in [4.78, 5) is 20.6. The number of carbonyl (C=O) groups excluding carboxylic acids is 1. The van der Waals surface area contributed by atoms with Crippen LogP contribution >= 0.6 is 0 Å². The number of rotatable bonds is 5. The van der Waals surface area contributed by atoms with Crippen molar-refractivity contribution in [1.29, 1.82) is 0 Å². The van der Waals surface area contributed by atoms with Gasteiger partial charge in [-0.2, -0.15) is 4.98 Å². The molecule has 1 amide bonds.